The highest BCUT2D eigenvalue weighted by Gasteiger charge is 2.23. The summed E-state index contributed by atoms with van der Waals surface area (Å²) in [6.07, 6.45) is 0. The Morgan fingerprint density at radius 3 is 2.08 bits per heavy atom. The molecule has 0 aromatic heterocycles. The molecule has 0 saturated heterocycles. The van der Waals surface area contributed by atoms with Gasteiger partial charge in [-0.05, 0) is 61.5 Å². The normalized spacial score (nSPS) is 10.2. The molecule has 0 heterocycles. The van der Waals surface area contributed by atoms with Crippen LogP contribution in [-0.2, 0) is 14.3 Å². The molecular weight excluding hydrogens is 478 g/mol. The van der Waals surface area contributed by atoms with Crippen molar-refractivity contribution in [2.45, 2.75) is 6.92 Å². The number of benzene rings is 3. The summed E-state index contributed by atoms with van der Waals surface area (Å²) in [4.78, 5) is 51.5. The van der Waals surface area contributed by atoms with Crippen LogP contribution >= 0.6 is 0 Å². The Morgan fingerprint density at radius 2 is 1.49 bits per heavy atom. The zero-order chi connectivity index (χ0) is 26.9. The smallest absolute Gasteiger partial charge is 0.343 e. The zero-order valence-corrected chi connectivity index (χ0v) is 20.2. The number of ether oxygens (including phenoxy) is 3. The van der Waals surface area contributed by atoms with Crippen LogP contribution in [0.3, 0.4) is 0 Å². The minimum absolute atomic E-state index is 0.0761. The number of nitrogens with two attached hydrogens (primary N) is 1. The van der Waals surface area contributed by atoms with Gasteiger partial charge >= 0.3 is 17.9 Å². The third-order valence-corrected chi connectivity index (χ3v) is 5.17. The summed E-state index contributed by atoms with van der Waals surface area (Å²) in [7, 11) is 1.17. The Balaban J connectivity index is 1.82. The number of hydrogen-bond donors (Lipinski definition) is 2. The third-order valence-electron chi connectivity index (χ3n) is 5.17. The number of nitrogens with zero attached hydrogens (tertiary/aromatic N) is 1. The molecule has 0 fully saturated rings. The predicted molar refractivity (Wildman–Crippen MR) is 135 cm³/mol. The van der Waals surface area contributed by atoms with Gasteiger partial charge in [-0.3, -0.25) is 19.9 Å². The Morgan fingerprint density at radius 1 is 0.865 bits per heavy atom. The fourth-order valence-electron chi connectivity index (χ4n) is 3.34. The molecule has 3 aromatic carbocycles. The number of para-hydroxylation sites is 1. The van der Waals surface area contributed by atoms with Crippen LogP contribution < -0.4 is 15.4 Å². The number of carbonyl (C=O) groups excluding carboxylic acids is 4. The first-order chi connectivity index (χ1) is 17.7. The van der Waals surface area contributed by atoms with Crippen molar-refractivity contribution in [2.75, 3.05) is 25.2 Å². The van der Waals surface area contributed by atoms with Crippen LogP contribution in [0.1, 0.15) is 43.6 Å². The summed E-state index contributed by atoms with van der Waals surface area (Å²) in [5.74, 6) is -2.92. The molecule has 0 spiro atoms. The van der Waals surface area contributed by atoms with Crippen LogP contribution in [0, 0.1) is 5.41 Å². The summed E-state index contributed by atoms with van der Waals surface area (Å²) in [6, 6.07) is 18.4. The van der Waals surface area contributed by atoms with E-state index < -0.39 is 23.8 Å². The van der Waals surface area contributed by atoms with E-state index >= 15 is 0 Å². The van der Waals surface area contributed by atoms with E-state index in [-0.39, 0.29) is 47.0 Å². The molecule has 3 N–H and O–H groups in total. The first-order valence-electron chi connectivity index (χ1n) is 11.2. The van der Waals surface area contributed by atoms with E-state index in [9.17, 15) is 19.2 Å². The molecule has 190 valence electrons. The number of methoxy groups -OCH3 is 1. The quantitative estimate of drug-likeness (QED) is 0.196. The summed E-state index contributed by atoms with van der Waals surface area (Å²) < 4.78 is 15.1. The van der Waals surface area contributed by atoms with Gasteiger partial charge in [0.2, 0.25) is 0 Å². The second-order valence-electron chi connectivity index (χ2n) is 7.61. The number of nitrogens with one attached hydrogen (secondary N) is 1. The number of rotatable bonds is 9. The molecule has 10 nitrogen and oxygen atoms in total. The van der Waals surface area contributed by atoms with Crippen LogP contribution in [-0.4, -0.2) is 49.9 Å². The van der Waals surface area contributed by atoms with Gasteiger partial charge in [0.05, 0.1) is 19.3 Å². The van der Waals surface area contributed by atoms with Crippen molar-refractivity contribution in [3.63, 3.8) is 0 Å². The molecule has 0 saturated carbocycles. The van der Waals surface area contributed by atoms with Crippen molar-refractivity contribution < 1.29 is 33.4 Å². The maximum atomic E-state index is 13.2. The number of nitrogen functional groups attached to an aromatic ring is 1. The fraction of sp³-hybridized carbons (Fsp3) is 0.148. The Hall–Kier alpha value is -4.99. The summed E-state index contributed by atoms with van der Waals surface area (Å²) in [5, 5.41) is 7.54. The van der Waals surface area contributed by atoms with Gasteiger partial charge in [0.15, 0.2) is 0 Å². The average molecular weight is 504 g/mol. The maximum absolute atomic E-state index is 13.2. The molecule has 0 radical (unpaired) electrons. The van der Waals surface area contributed by atoms with E-state index in [0.29, 0.717) is 5.69 Å². The van der Waals surface area contributed by atoms with E-state index in [1.165, 1.54) is 54.5 Å². The molecular formula is C27H25N3O7. The molecule has 0 unspecified atom stereocenters. The van der Waals surface area contributed by atoms with Gasteiger partial charge in [-0.1, -0.05) is 18.2 Å². The lowest BCUT2D eigenvalue weighted by atomic mass is 10.1. The van der Waals surface area contributed by atoms with Crippen molar-refractivity contribution in [1.29, 1.82) is 5.41 Å². The number of amidine groups is 1. The molecule has 0 aliphatic carbocycles. The average Bonchev–Trinajstić information content (AvgIpc) is 2.91. The lowest BCUT2D eigenvalue weighted by molar-refractivity contribution is -0.141. The van der Waals surface area contributed by atoms with E-state index in [2.05, 4.69) is 0 Å². The van der Waals surface area contributed by atoms with Gasteiger partial charge in [-0.15, -0.1) is 0 Å². The first kappa shape index (κ1) is 26.6. The minimum atomic E-state index is -0.786. The fourth-order valence-corrected chi connectivity index (χ4v) is 3.34. The first-order valence-corrected chi connectivity index (χ1v) is 11.2. The van der Waals surface area contributed by atoms with E-state index in [4.69, 9.17) is 25.4 Å². The van der Waals surface area contributed by atoms with Crippen LogP contribution in [0.4, 0.5) is 5.69 Å². The second kappa shape index (κ2) is 12.1. The van der Waals surface area contributed by atoms with Gasteiger partial charge in [0, 0.05) is 16.8 Å². The van der Waals surface area contributed by atoms with Crippen molar-refractivity contribution in [2.24, 2.45) is 5.73 Å². The Bertz CT molecular complexity index is 1320. The highest BCUT2D eigenvalue weighted by molar-refractivity contribution is 6.08. The van der Waals surface area contributed by atoms with Crippen LogP contribution in [0.25, 0.3) is 0 Å². The largest absolute Gasteiger partial charge is 0.465 e. The summed E-state index contributed by atoms with van der Waals surface area (Å²) >= 11 is 0. The highest BCUT2D eigenvalue weighted by atomic mass is 16.5. The molecule has 37 heavy (non-hydrogen) atoms. The number of hydrogen-bond acceptors (Lipinski definition) is 8. The number of carbonyl (C=O) groups is 4. The van der Waals surface area contributed by atoms with Crippen molar-refractivity contribution in [3.05, 3.63) is 95.1 Å². The molecule has 10 heteroatoms. The second-order valence-corrected chi connectivity index (χ2v) is 7.61. The van der Waals surface area contributed by atoms with Gasteiger partial charge < -0.3 is 19.9 Å². The molecule has 3 rings (SSSR count). The van der Waals surface area contributed by atoms with Gasteiger partial charge in [0.1, 0.15) is 23.7 Å². The number of anilines is 1. The molecule has 3 aromatic rings. The molecule has 0 atom stereocenters. The Labute approximate surface area is 213 Å². The SMILES string of the molecule is CCOC(=O)CN(C(=O)c1ccc(C(=O)Oc2ccc(C(=N)N)cc2C(=O)OC)cc1)c1ccccc1. The number of esters is 3. The zero-order valence-electron chi connectivity index (χ0n) is 20.2. The molecule has 0 aliphatic rings. The van der Waals surface area contributed by atoms with Crippen LogP contribution in [0.5, 0.6) is 5.75 Å². The van der Waals surface area contributed by atoms with Crippen molar-refractivity contribution >= 4 is 35.3 Å². The van der Waals surface area contributed by atoms with Gasteiger partial charge in [-0.25, -0.2) is 9.59 Å². The van der Waals surface area contributed by atoms with Crippen molar-refractivity contribution in [1.82, 2.24) is 0 Å². The van der Waals surface area contributed by atoms with E-state index in [1.807, 2.05) is 0 Å². The predicted octanol–water partition coefficient (Wildman–Crippen LogP) is 3.19. The van der Waals surface area contributed by atoms with Crippen LogP contribution in [0.15, 0.2) is 72.8 Å². The topological polar surface area (TPSA) is 149 Å². The van der Waals surface area contributed by atoms with Gasteiger partial charge in [-0.2, -0.15) is 0 Å². The lowest BCUT2D eigenvalue weighted by Crippen LogP contribution is -2.36. The third kappa shape index (κ3) is 6.57. The van der Waals surface area contributed by atoms with E-state index in [0.717, 1.165) is 0 Å². The maximum Gasteiger partial charge on any atom is 0.343 e. The standard InChI is InChI=1S/C27H25N3O7/c1-3-36-23(31)16-30(20-7-5-4-6-8-20)25(32)17-9-11-18(12-10-17)26(33)37-22-14-13-19(24(28)29)15-21(22)27(34)35-2/h4-15H,3,16H2,1-2H3,(H3,28,29). The number of amides is 1. The summed E-state index contributed by atoms with van der Waals surface area (Å²) in [6.45, 7) is 1.57. The minimum Gasteiger partial charge on any atom is -0.465 e. The van der Waals surface area contributed by atoms with Gasteiger partial charge in [0.25, 0.3) is 5.91 Å². The Kier molecular flexibility index (Phi) is 8.71. The van der Waals surface area contributed by atoms with E-state index in [1.54, 1.807) is 37.3 Å². The van der Waals surface area contributed by atoms with Crippen molar-refractivity contribution in [3.8, 4) is 5.75 Å². The monoisotopic (exact) mass is 503 g/mol. The lowest BCUT2D eigenvalue weighted by Gasteiger charge is -2.22. The molecule has 0 bridgehead atoms. The summed E-state index contributed by atoms with van der Waals surface area (Å²) in [5.41, 5.74) is 6.50. The van der Waals surface area contributed by atoms with Crippen LogP contribution in [0.2, 0.25) is 0 Å². The highest BCUT2D eigenvalue weighted by Crippen LogP contribution is 2.23. The molecule has 0 aliphatic heterocycles. The molecule has 1 amide bonds.